The quantitative estimate of drug-likeness (QED) is 0.427. The van der Waals surface area contributed by atoms with Crippen LogP contribution in [0.1, 0.15) is 0 Å². The highest BCUT2D eigenvalue weighted by Crippen LogP contribution is 2.06. The summed E-state index contributed by atoms with van der Waals surface area (Å²) < 4.78 is 21.7. The first-order valence-electron chi connectivity index (χ1n) is 3.43. The number of halogens is 1. The molecule has 5 heteroatoms. The summed E-state index contributed by atoms with van der Waals surface area (Å²) in [6.45, 7) is 2.29. The molecule has 11 heavy (non-hydrogen) atoms. The molecule has 0 bridgehead atoms. The Hall–Kier alpha value is -0.0600. The Morgan fingerprint density at radius 3 is 2.36 bits per heavy atom. The molecule has 64 valence electrons. The number of nitrogens with one attached hydrogen (secondary N) is 1. The maximum atomic E-state index is 10.9. The Morgan fingerprint density at radius 2 is 2.00 bits per heavy atom. The fourth-order valence-electron chi connectivity index (χ4n) is 1.27. The summed E-state index contributed by atoms with van der Waals surface area (Å²) in [6, 6.07) is 0.269. The highest BCUT2D eigenvalue weighted by molar-refractivity contribution is 7.94. The van der Waals surface area contributed by atoms with Crippen molar-refractivity contribution in [2.75, 3.05) is 18.8 Å². The van der Waals surface area contributed by atoms with E-state index in [1.807, 2.05) is 6.08 Å². The molecule has 1 atom stereocenters. The first-order chi connectivity index (χ1) is 4.67. The third-order valence-electron chi connectivity index (χ3n) is 1.99. The van der Waals surface area contributed by atoms with Gasteiger partial charge in [-0.25, -0.2) is 8.42 Å². The van der Waals surface area contributed by atoms with Crippen LogP contribution in [0.5, 0.6) is 0 Å². The summed E-state index contributed by atoms with van der Waals surface area (Å²) in [5.41, 5.74) is 0. The Bertz CT molecular complexity index is 268. The van der Waals surface area contributed by atoms with E-state index in [2.05, 4.69) is 0 Å². The van der Waals surface area contributed by atoms with Crippen molar-refractivity contribution < 1.29 is 25.7 Å². The lowest BCUT2D eigenvalue weighted by Gasteiger charge is -2.00. The van der Waals surface area contributed by atoms with Gasteiger partial charge >= 0.3 is 0 Å². The second kappa shape index (κ2) is 2.77. The first-order valence-corrected chi connectivity index (χ1v) is 5.14. The number of hydrogen-bond acceptors (Lipinski definition) is 2. The molecule has 0 radical (unpaired) electrons. The number of sulfone groups is 1. The molecule has 0 aromatic rings. The molecular formula is C6H10ClNO2S. The average Bonchev–Trinajstić information content (AvgIpc) is 2.59. The monoisotopic (exact) mass is 195 g/mol. The molecule has 0 aromatic heterocycles. The van der Waals surface area contributed by atoms with Gasteiger partial charge in [0.25, 0.3) is 0 Å². The molecule has 0 spiro atoms. The van der Waals surface area contributed by atoms with Gasteiger partial charge in [0.05, 0.1) is 0 Å². The fraction of sp³-hybridized carbons (Fsp3) is 0.667. The van der Waals surface area contributed by atoms with Crippen LogP contribution in [-0.2, 0) is 9.84 Å². The van der Waals surface area contributed by atoms with E-state index in [9.17, 15) is 8.42 Å². The van der Waals surface area contributed by atoms with Crippen molar-refractivity contribution in [3.05, 3.63) is 11.5 Å². The van der Waals surface area contributed by atoms with Gasteiger partial charge in [0.15, 0.2) is 9.84 Å². The first kappa shape index (κ1) is 9.03. The zero-order valence-electron chi connectivity index (χ0n) is 5.96. The Labute approximate surface area is 72.4 Å². The van der Waals surface area contributed by atoms with Gasteiger partial charge in [-0.2, -0.15) is 0 Å². The highest BCUT2D eigenvalue weighted by Gasteiger charge is 2.37. The zero-order valence-corrected chi connectivity index (χ0v) is 7.53. The number of quaternary nitrogens is 1. The van der Waals surface area contributed by atoms with Crippen LogP contribution in [-0.4, -0.2) is 33.3 Å². The van der Waals surface area contributed by atoms with Crippen molar-refractivity contribution in [2.45, 2.75) is 6.04 Å². The SMILES string of the molecule is O=S1(=O)C=CC([NH+]2CC2)C1.[Cl-]. The van der Waals surface area contributed by atoms with Crippen molar-refractivity contribution >= 4 is 9.84 Å². The smallest absolute Gasteiger partial charge is 0.177 e. The summed E-state index contributed by atoms with van der Waals surface area (Å²) >= 11 is 0. The van der Waals surface area contributed by atoms with Crippen LogP contribution < -0.4 is 17.3 Å². The number of rotatable bonds is 1. The van der Waals surface area contributed by atoms with E-state index in [0.29, 0.717) is 5.75 Å². The van der Waals surface area contributed by atoms with Gasteiger partial charge in [0.2, 0.25) is 0 Å². The second-order valence-corrected chi connectivity index (χ2v) is 4.85. The largest absolute Gasteiger partial charge is 1.00 e. The van der Waals surface area contributed by atoms with Crippen molar-refractivity contribution in [3.63, 3.8) is 0 Å². The third kappa shape index (κ3) is 1.95. The predicted octanol–water partition coefficient (Wildman–Crippen LogP) is -4.80. The van der Waals surface area contributed by atoms with Crippen molar-refractivity contribution in [2.24, 2.45) is 0 Å². The normalized spacial score (nSPS) is 33.3. The molecular weight excluding hydrogens is 186 g/mol. The minimum absolute atomic E-state index is 0. The lowest BCUT2D eigenvalue weighted by atomic mass is 10.3. The van der Waals surface area contributed by atoms with Crippen molar-refractivity contribution in [3.8, 4) is 0 Å². The Morgan fingerprint density at radius 1 is 1.36 bits per heavy atom. The van der Waals surface area contributed by atoms with Gasteiger partial charge in [-0.15, -0.1) is 0 Å². The summed E-state index contributed by atoms with van der Waals surface area (Å²) in [6.07, 6.45) is 1.82. The van der Waals surface area contributed by atoms with Crippen LogP contribution in [0, 0.1) is 0 Å². The van der Waals surface area contributed by atoms with Gasteiger partial charge in [-0.3, -0.25) is 0 Å². The molecule has 2 aliphatic heterocycles. The fourth-order valence-corrected chi connectivity index (χ4v) is 2.66. The summed E-state index contributed by atoms with van der Waals surface area (Å²) in [4.78, 5) is 1.41. The summed E-state index contributed by atoms with van der Waals surface area (Å²) in [5, 5.41) is 1.35. The molecule has 2 aliphatic rings. The van der Waals surface area contributed by atoms with Crippen LogP contribution in [0.15, 0.2) is 11.5 Å². The van der Waals surface area contributed by atoms with Crippen LogP contribution >= 0.6 is 0 Å². The van der Waals surface area contributed by atoms with Crippen molar-refractivity contribution in [1.29, 1.82) is 0 Å². The van der Waals surface area contributed by atoms with Crippen LogP contribution in [0.4, 0.5) is 0 Å². The molecule has 0 saturated carbocycles. The van der Waals surface area contributed by atoms with Crippen LogP contribution in [0.3, 0.4) is 0 Å². The average molecular weight is 196 g/mol. The molecule has 1 N–H and O–H groups in total. The van der Waals surface area contributed by atoms with Gasteiger partial charge in [0.1, 0.15) is 24.9 Å². The van der Waals surface area contributed by atoms with Gasteiger partial charge in [-0.05, 0) is 6.08 Å². The molecule has 1 fully saturated rings. The summed E-state index contributed by atoms with van der Waals surface area (Å²) in [5.74, 6) is 0.336. The lowest BCUT2D eigenvalue weighted by Crippen LogP contribution is -3.00. The van der Waals surface area contributed by atoms with E-state index in [0.717, 1.165) is 13.1 Å². The molecule has 0 amide bonds. The molecule has 0 aromatic carbocycles. The van der Waals surface area contributed by atoms with E-state index in [1.54, 1.807) is 0 Å². The maximum Gasteiger partial charge on any atom is 0.177 e. The van der Waals surface area contributed by atoms with Gasteiger partial charge in [-0.1, -0.05) is 0 Å². The highest BCUT2D eigenvalue weighted by atomic mass is 35.5. The van der Waals surface area contributed by atoms with E-state index in [1.165, 1.54) is 10.3 Å². The minimum Gasteiger partial charge on any atom is -1.00 e. The number of hydrogen-bond donors (Lipinski definition) is 1. The molecule has 0 aliphatic carbocycles. The standard InChI is InChI=1S/C6H9NO2S.ClH/c8-10(9)4-1-6(5-10)7-2-3-7;/h1,4,6H,2-3,5H2;1H. The van der Waals surface area contributed by atoms with Crippen LogP contribution in [0.2, 0.25) is 0 Å². The van der Waals surface area contributed by atoms with Gasteiger partial charge < -0.3 is 17.3 Å². The Kier molecular flexibility index (Phi) is 2.27. The van der Waals surface area contributed by atoms with E-state index >= 15 is 0 Å². The molecule has 3 nitrogen and oxygen atoms in total. The molecule has 1 unspecified atom stereocenters. The third-order valence-corrected chi connectivity index (χ3v) is 3.39. The van der Waals surface area contributed by atoms with E-state index in [4.69, 9.17) is 0 Å². The van der Waals surface area contributed by atoms with Crippen molar-refractivity contribution in [1.82, 2.24) is 0 Å². The second-order valence-electron chi connectivity index (χ2n) is 2.92. The molecule has 2 rings (SSSR count). The zero-order chi connectivity index (χ0) is 7.19. The minimum atomic E-state index is -2.80. The Balaban J connectivity index is 0.000000605. The molecule has 2 heterocycles. The maximum absolute atomic E-state index is 10.9. The molecule has 1 saturated heterocycles. The lowest BCUT2D eigenvalue weighted by molar-refractivity contribution is -0.777. The van der Waals surface area contributed by atoms with E-state index in [-0.39, 0.29) is 18.4 Å². The summed E-state index contributed by atoms with van der Waals surface area (Å²) in [7, 11) is -2.80. The van der Waals surface area contributed by atoms with E-state index < -0.39 is 9.84 Å². The van der Waals surface area contributed by atoms with Crippen LogP contribution in [0.25, 0.3) is 0 Å². The topological polar surface area (TPSA) is 38.6 Å². The predicted molar refractivity (Wildman–Crippen MR) is 37.4 cm³/mol. The van der Waals surface area contributed by atoms with Gasteiger partial charge in [0, 0.05) is 5.41 Å².